The number of rotatable bonds is 6. The van der Waals surface area contributed by atoms with Crippen molar-refractivity contribution >= 4 is 0 Å². The summed E-state index contributed by atoms with van der Waals surface area (Å²) in [5.74, 6) is 0. The number of nitrogens with two attached hydrogens (primary N) is 1. The molecule has 0 aliphatic heterocycles. The van der Waals surface area contributed by atoms with Crippen LogP contribution in [0.4, 0.5) is 0 Å². The van der Waals surface area contributed by atoms with Crippen LogP contribution < -0.4 is 5.73 Å². The molecule has 0 fully saturated rings. The van der Waals surface area contributed by atoms with Crippen LogP contribution in [0.15, 0.2) is 0 Å². The number of hydrogen-bond acceptors (Lipinski definition) is 3. The van der Waals surface area contributed by atoms with Gasteiger partial charge in [-0.05, 0) is 13.5 Å². The van der Waals surface area contributed by atoms with Gasteiger partial charge < -0.3 is 10.5 Å². The quantitative estimate of drug-likeness (QED) is 0.607. The molecule has 0 aliphatic rings. The molecule has 1 unspecified atom stereocenters. The Labute approximate surface area is 69.5 Å². The van der Waals surface area contributed by atoms with Crippen molar-refractivity contribution in [1.29, 1.82) is 0 Å². The Morgan fingerprint density at radius 3 is 2.55 bits per heavy atom. The van der Waals surface area contributed by atoms with E-state index in [4.69, 9.17) is 10.5 Å². The molecule has 68 valence electrons. The molecule has 0 aromatic rings. The van der Waals surface area contributed by atoms with E-state index in [9.17, 15) is 0 Å². The monoisotopic (exact) mass is 160 g/mol. The summed E-state index contributed by atoms with van der Waals surface area (Å²) in [6.45, 7) is 7.81. The van der Waals surface area contributed by atoms with Crippen molar-refractivity contribution in [3.8, 4) is 0 Å². The van der Waals surface area contributed by atoms with Crippen molar-refractivity contribution in [2.75, 3.05) is 33.4 Å². The molecule has 2 N–H and O–H groups in total. The first-order valence-electron chi connectivity index (χ1n) is 4.19. The summed E-state index contributed by atoms with van der Waals surface area (Å²) in [6, 6.07) is 0.468. The zero-order valence-corrected chi connectivity index (χ0v) is 7.84. The number of ether oxygens (including phenoxy) is 1. The number of nitrogens with zero attached hydrogens (tertiary/aromatic N) is 1. The first-order valence-corrected chi connectivity index (χ1v) is 4.19. The van der Waals surface area contributed by atoms with Crippen LogP contribution in [0.5, 0.6) is 0 Å². The molecule has 0 heterocycles. The lowest BCUT2D eigenvalue weighted by atomic mass is 10.3. The molecule has 0 saturated carbocycles. The van der Waals surface area contributed by atoms with Gasteiger partial charge in [-0.2, -0.15) is 0 Å². The topological polar surface area (TPSA) is 38.5 Å². The summed E-state index contributed by atoms with van der Waals surface area (Å²) in [5.41, 5.74) is 5.54. The zero-order valence-electron chi connectivity index (χ0n) is 7.84. The van der Waals surface area contributed by atoms with E-state index in [0.29, 0.717) is 6.04 Å². The first kappa shape index (κ1) is 10.9. The van der Waals surface area contributed by atoms with Gasteiger partial charge in [0.1, 0.15) is 0 Å². The Hall–Kier alpha value is -0.120. The Kier molecular flexibility index (Phi) is 6.51. The molecule has 3 heteroatoms. The minimum atomic E-state index is 0.468. The van der Waals surface area contributed by atoms with Crippen LogP contribution in [0.25, 0.3) is 0 Å². The van der Waals surface area contributed by atoms with Crippen LogP contribution in [0, 0.1) is 0 Å². The van der Waals surface area contributed by atoms with Gasteiger partial charge >= 0.3 is 0 Å². The summed E-state index contributed by atoms with van der Waals surface area (Å²) in [4.78, 5) is 2.31. The van der Waals surface area contributed by atoms with Crippen LogP contribution in [-0.4, -0.2) is 44.3 Å². The maximum absolute atomic E-state index is 5.54. The van der Waals surface area contributed by atoms with Crippen LogP contribution >= 0.6 is 0 Å². The van der Waals surface area contributed by atoms with Crippen LogP contribution in [-0.2, 0) is 4.74 Å². The second-order valence-electron chi connectivity index (χ2n) is 2.71. The maximum atomic E-state index is 5.54. The molecule has 3 nitrogen and oxygen atoms in total. The minimum Gasteiger partial charge on any atom is -0.383 e. The third kappa shape index (κ3) is 4.35. The molecule has 0 bridgehead atoms. The van der Waals surface area contributed by atoms with Gasteiger partial charge in [-0.25, -0.2) is 0 Å². The highest BCUT2D eigenvalue weighted by Crippen LogP contribution is 1.95. The fraction of sp³-hybridized carbons (Fsp3) is 1.00. The Bertz CT molecular complexity index is 88.2. The largest absolute Gasteiger partial charge is 0.383 e. The summed E-state index contributed by atoms with van der Waals surface area (Å²) in [7, 11) is 1.72. The van der Waals surface area contributed by atoms with Gasteiger partial charge in [0.15, 0.2) is 0 Å². The average Bonchev–Trinajstić information content (AvgIpc) is 2.05. The Balaban J connectivity index is 3.56. The molecule has 0 aliphatic carbocycles. The summed E-state index contributed by atoms with van der Waals surface area (Å²) in [5, 5.41) is 0. The molecule has 0 saturated heterocycles. The summed E-state index contributed by atoms with van der Waals surface area (Å²) in [6.07, 6.45) is 0. The molecular formula is C8H20N2O. The van der Waals surface area contributed by atoms with Gasteiger partial charge in [0, 0.05) is 26.2 Å². The van der Waals surface area contributed by atoms with Crippen molar-refractivity contribution < 1.29 is 4.74 Å². The highest BCUT2D eigenvalue weighted by Gasteiger charge is 2.08. The van der Waals surface area contributed by atoms with Gasteiger partial charge in [0.05, 0.1) is 6.61 Å². The van der Waals surface area contributed by atoms with E-state index in [1.165, 1.54) is 0 Å². The maximum Gasteiger partial charge on any atom is 0.0589 e. The van der Waals surface area contributed by atoms with Gasteiger partial charge in [-0.15, -0.1) is 0 Å². The van der Waals surface area contributed by atoms with E-state index < -0.39 is 0 Å². The lowest BCUT2D eigenvalue weighted by Gasteiger charge is -2.26. The predicted molar refractivity (Wildman–Crippen MR) is 47.6 cm³/mol. The Morgan fingerprint density at radius 2 is 2.18 bits per heavy atom. The van der Waals surface area contributed by atoms with E-state index in [0.717, 1.165) is 26.2 Å². The average molecular weight is 160 g/mol. The fourth-order valence-electron chi connectivity index (χ4n) is 1.05. The molecule has 0 aromatic carbocycles. The van der Waals surface area contributed by atoms with E-state index in [-0.39, 0.29) is 0 Å². The van der Waals surface area contributed by atoms with E-state index >= 15 is 0 Å². The number of methoxy groups -OCH3 is 1. The fourth-order valence-corrected chi connectivity index (χ4v) is 1.05. The Morgan fingerprint density at radius 1 is 1.55 bits per heavy atom. The molecule has 0 spiro atoms. The van der Waals surface area contributed by atoms with Crippen molar-refractivity contribution in [3.05, 3.63) is 0 Å². The first-order chi connectivity index (χ1) is 5.26. The molecule has 1 atom stereocenters. The van der Waals surface area contributed by atoms with Gasteiger partial charge in [-0.3, -0.25) is 4.90 Å². The van der Waals surface area contributed by atoms with E-state index in [2.05, 4.69) is 18.7 Å². The lowest BCUT2D eigenvalue weighted by molar-refractivity contribution is 0.131. The van der Waals surface area contributed by atoms with E-state index in [1.807, 2.05) is 0 Å². The highest BCUT2D eigenvalue weighted by atomic mass is 16.5. The molecule has 11 heavy (non-hydrogen) atoms. The smallest absolute Gasteiger partial charge is 0.0589 e. The van der Waals surface area contributed by atoms with Crippen molar-refractivity contribution in [1.82, 2.24) is 4.90 Å². The van der Waals surface area contributed by atoms with Gasteiger partial charge in [0.25, 0.3) is 0 Å². The zero-order chi connectivity index (χ0) is 8.69. The number of likely N-dealkylation sites (N-methyl/N-ethyl adjacent to an activating group) is 1. The normalized spacial score (nSPS) is 13.9. The van der Waals surface area contributed by atoms with Gasteiger partial charge in [0.2, 0.25) is 0 Å². The lowest BCUT2D eigenvalue weighted by Crippen LogP contribution is -2.40. The van der Waals surface area contributed by atoms with Gasteiger partial charge in [-0.1, -0.05) is 6.92 Å². The standard InChI is InChI=1S/C8H20N2O/c1-4-10(5-6-11-3)8(2)7-9/h8H,4-7,9H2,1-3H3. The molecule has 0 rings (SSSR count). The summed E-state index contributed by atoms with van der Waals surface area (Å²) < 4.78 is 4.99. The number of hydrogen-bond donors (Lipinski definition) is 1. The minimum absolute atomic E-state index is 0.468. The predicted octanol–water partition coefficient (Wildman–Crippen LogP) is 0.302. The third-order valence-corrected chi connectivity index (χ3v) is 1.95. The molecule has 0 radical (unpaired) electrons. The second-order valence-corrected chi connectivity index (χ2v) is 2.71. The SMILES string of the molecule is CCN(CCOC)C(C)CN. The molecular weight excluding hydrogens is 140 g/mol. The van der Waals surface area contributed by atoms with Crippen molar-refractivity contribution in [2.24, 2.45) is 5.73 Å². The van der Waals surface area contributed by atoms with Crippen molar-refractivity contribution in [3.63, 3.8) is 0 Å². The van der Waals surface area contributed by atoms with Crippen LogP contribution in [0.3, 0.4) is 0 Å². The second kappa shape index (κ2) is 6.58. The van der Waals surface area contributed by atoms with E-state index in [1.54, 1.807) is 7.11 Å². The van der Waals surface area contributed by atoms with Crippen LogP contribution in [0.2, 0.25) is 0 Å². The molecule has 0 aromatic heterocycles. The van der Waals surface area contributed by atoms with Crippen LogP contribution in [0.1, 0.15) is 13.8 Å². The summed E-state index contributed by atoms with van der Waals surface area (Å²) >= 11 is 0. The molecule has 0 amide bonds. The highest BCUT2D eigenvalue weighted by molar-refractivity contribution is 4.65. The van der Waals surface area contributed by atoms with Crippen molar-refractivity contribution in [2.45, 2.75) is 19.9 Å². The third-order valence-electron chi connectivity index (χ3n) is 1.95.